The van der Waals surface area contributed by atoms with Crippen LogP contribution in [0.1, 0.15) is 32.3 Å². The Hall–Kier alpha value is -1.02. The molecule has 0 spiro atoms. The fourth-order valence-corrected chi connectivity index (χ4v) is 2.44. The van der Waals surface area contributed by atoms with E-state index in [1.54, 1.807) is 0 Å². The molecule has 0 saturated carbocycles. The van der Waals surface area contributed by atoms with Gasteiger partial charge in [0.2, 0.25) is 0 Å². The lowest BCUT2D eigenvalue weighted by Gasteiger charge is -2.31. The molecule has 0 amide bonds. The number of aryl methyl sites for hydroxylation is 1. The monoisotopic (exact) mass is 233 g/mol. The van der Waals surface area contributed by atoms with Crippen molar-refractivity contribution in [2.45, 2.75) is 39.2 Å². The second-order valence-electron chi connectivity index (χ2n) is 5.00. The highest BCUT2D eigenvalue weighted by Gasteiger charge is 2.21. The Morgan fingerprint density at radius 3 is 2.94 bits per heavy atom. The van der Waals surface area contributed by atoms with E-state index in [0.717, 1.165) is 26.1 Å². The van der Waals surface area contributed by atoms with Crippen molar-refractivity contribution in [1.82, 2.24) is 0 Å². The Bertz CT molecular complexity index is 351. The van der Waals surface area contributed by atoms with Gasteiger partial charge in [-0.3, -0.25) is 0 Å². The van der Waals surface area contributed by atoms with Crippen LogP contribution in [0.4, 0.5) is 5.69 Å². The van der Waals surface area contributed by atoms with Crippen LogP contribution in [0.25, 0.3) is 0 Å². The second-order valence-corrected chi connectivity index (χ2v) is 5.00. The van der Waals surface area contributed by atoms with Crippen LogP contribution in [0.15, 0.2) is 24.3 Å². The van der Waals surface area contributed by atoms with E-state index in [2.05, 4.69) is 43.4 Å². The molecule has 1 fully saturated rings. The molecule has 0 bridgehead atoms. The molecule has 0 aliphatic carbocycles. The number of hydrogen-bond acceptors (Lipinski definition) is 2. The first kappa shape index (κ1) is 12.4. The molecule has 2 heteroatoms. The summed E-state index contributed by atoms with van der Waals surface area (Å²) in [5.41, 5.74) is 2.75. The van der Waals surface area contributed by atoms with Crippen molar-refractivity contribution >= 4 is 5.69 Å². The average Bonchev–Trinajstić information content (AvgIpc) is 2.35. The molecule has 1 aliphatic heterocycles. The molecule has 2 nitrogen and oxygen atoms in total. The molecule has 1 heterocycles. The van der Waals surface area contributed by atoms with Gasteiger partial charge in [-0.15, -0.1) is 0 Å². The number of para-hydroxylation sites is 1. The third-order valence-corrected chi connectivity index (χ3v) is 3.52. The first-order valence-corrected chi connectivity index (χ1v) is 6.73. The Morgan fingerprint density at radius 1 is 1.35 bits per heavy atom. The first-order chi connectivity index (χ1) is 8.31. The van der Waals surface area contributed by atoms with E-state index in [-0.39, 0.29) is 0 Å². The lowest BCUT2D eigenvalue weighted by molar-refractivity contribution is 0.0537. The number of anilines is 1. The molecule has 2 unspecified atom stereocenters. The van der Waals surface area contributed by atoms with E-state index < -0.39 is 0 Å². The van der Waals surface area contributed by atoms with E-state index in [0.29, 0.717) is 12.0 Å². The summed E-state index contributed by atoms with van der Waals surface area (Å²) in [6, 6.07) is 9.24. The topological polar surface area (TPSA) is 21.3 Å². The van der Waals surface area contributed by atoms with Crippen LogP contribution in [-0.2, 0) is 11.2 Å². The minimum atomic E-state index is 0.557. The zero-order valence-corrected chi connectivity index (χ0v) is 10.9. The summed E-state index contributed by atoms with van der Waals surface area (Å²) in [6.45, 7) is 6.26. The summed E-state index contributed by atoms with van der Waals surface area (Å²) in [6.07, 6.45) is 3.46. The minimum absolute atomic E-state index is 0.557. The van der Waals surface area contributed by atoms with Gasteiger partial charge in [-0.25, -0.2) is 0 Å². The van der Waals surface area contributed by atoms with Crippen molar-refractivity contribution in [3.05, 3.63) is 29.8 Å². The fraction of sp³-hybridized carbons (Fsp3) is 0.600. The lowest BCUT2D eigenvalue weighted by Crippen LogP contribution is -2.36. The van der Waals surface area contributed by atoms with Crippen LogP contribution >= 0.6 is 0 Å². The van der Waals surface area contributed by atoms with Gasteiger partial charge < -0.3 is 10.1 Å². The van der Waals surface area contributed by atoms with Crippen LogP contribution < -0.4 is 5.32 Å². The molecule has 1 aromatic rings. The van der Waals surface area contributed by atoms with E-state index in [1.165, 1.54) is 17.7 Å². The largest absolute Gasteiger partial charge is 0.382 e. The molecule has 2 atom stereocenters. The maximum Gasteiger partial charge on any atom is 0.0511 e. The minimum Gasteiger partial charge on any atom is -0.382 e. The number of nitrogens with one attached hydrogen (secondary N) is 1. The average molecular weight is 233 g/mol. The molecule has 94 valence electrons. The van der Waals surface area contributed by atoms with Gasteiger partial charge >= 0.3 is 0 Å². The van der Waals surface area contributed by atoms with E-state index >= 15 is 0 Å². The van der Waals surface area contributed by atoms with E-state index in [4.69, 9.17) is 4.74 Å². The van der Waals surface area contributed by atoms with Crippen LogP contribution in [0.5, 0.6) is 0 Å². The zero-order valence-electron chi connectivity index (χ0n) is 10.9. The fourth-order valence-electron chi connectivity index (χ4n) is 2.44. The number of hydrogen-bond donors (Lipinski definition) is 1. The molecule has 1 aromatic carbocycles. The first-order valence-electron chi connectivity index (χ1n) is 6.73. The molecule has 1 N–H and O–H groups in total. The summed E-state index contributed by atoms with van der Waals surface area (Å²) in [5.74, 6) is 0.596. The summed E-state index contributed by atoms with van der Waals surface area (Å²) in [7, 11) is 0. The second kappa shape index (κ2) is 6.06. The van der Waals surface area contributed by atoms with E-state index in [9.17, 15) is 0 Å². The van der Waals surface area contributed by atoms with Crippen molar-refractivity contribution in [1.29, 1.82) is 0 Å². The van der Waals surface area contributed by atoms with Gasteiger partial charge in [-0.2, -0.15) is 0 Å². The quantitative estimate of drug-likeness (QED) is 0.859. The lowest BCUT2D eigenvalue weighted by atomic mass is 9.96. The van der Waals surface area contributed by atoms with Gasteiger partial charge in [-0.1, -0.05) is 38.5 Å². The maximum atomic E-state index is 5.49. The maximum absolute atomic E-state index is 5.49. The third kappa shape index (κ3) is 3.22. The Labute approximate surface area is 104 Å². The highest BCUT2D eigenvalue weighted by Crippen LogP contribution is 2.23. The SMILES string of the molecule is CCCc1ccccc1NC1CCOCC1C. The standard InChI is InChI=1S/C15H23NO/c1-3-6-13-7-4-5-8-15(13)16-14-9-10-17-11-12(14)2/h4-5,7-8,12,14,16H,3,6,9-11H2,1-2H3. The highest BCUT2D eigenvalue weighted by molar-refractivity contribution is 5.52. The van der Waals surface area contributed by atoms with Crippen molar-refractivity contribution < 1.29 is 4.74 Å². The van der Waals surface area contributed by atoms with Gasteiger partial charge in [-0.05, 0) is 30.4 Å². The van der Waals surface area contributed by atoms with Gasteiger partial charge in [0.25, 0.3) is 0 Å². The smallest absolute Gasteiger partial charge is 0.0511 e. The predicted octanol–water partition coefficient (Wildman–Crippen LogP) is 3.48. The number of ether oxygens (including phenoxy) is 1. The van der Waals surface area contributed by atoms with Crippen LogP contribution in [0.3, 0.4) is 0 Å². The summed E-state index contributed by atoms with van der Waals surface area (Å²) in [4.78, 5) is 0. The molecule has 17 heavy (non-hydrogen) atoms. The Kier molecular flexibility index (Phi) is 4.43. The zero-order chi connectivity index (χ0) is 12.1. The van der Waals surface area contributed by atoms with Gasteiger partial charge in [0.1, 0.15) is 0 Å². The highest BCUT2D eigenvalue weighted by atomic mass is 16.5. The van der Waals surface area contributed by atoms with Crippen LogP contribution in [0.2, 0.25) is 0 Å². The van der Waals surface area contributed by atoms with Crippen molar-refractivity contribution in [3.63, 3.8) is 0 Å². The van der Waals surface area contributed by atoms with Crippen molar-refractivity contribution in [3.8, 4) is 0 Å². The predicted molar refractivity (Wildman–Crippen MR) is 72.4 cm³/mol. The summed E-state index contributed by atoms with van der Waals surface area (Å²) >= 11 is 0. The van der Waals surface area contributed by atoms with Crippen LogP contribution in [0, 0.1) is 5.92 Å². The number of benzene rings is 1. The van der Waals surface area contributed by atoms with Gasteiger partial charge in [0.15, 0.2) is 0 Å². The molecule has 2 rings (SSSR count). The van der Waals surface area contributed by atoms with Crippen LogP contribution in [-0.4, -0.2) is 19.3 Å². The molecule has 1 saturated heterocycles. The Balaban J connectivity index is 2.06. The number of rotatable bonds is 4. The molecule has 1 aliphatic rings. The third-order valence-electron chi connectivity index (χ3n) is 3.52. The summed E-state index contributed by atoms with van der Waals surface area (Å²) in [5, 5.41) is 3.70. The van der Waals surface area contributed by atoms with Crippen molar-refractivity contribution in [2.75, 3.05) is 18.5 Å². The Morgan fingerprint density at radius 2 is 2.18 bits per heavy atom. The van der Waals surface area contributed by atoms with E-state index in [1.807, 2.05) is 0 Å². The van der Waals surface area contributed by atoms with Gasteiger partial charge in [0.05, 0.1) is 6.61 Å². The molecular weight excluding hydrogens is 210 g/mol. The summed E-state index contributed by atoms with van der Waals surface area (Å²) < 4.78 is 5.49. The van der Waals surface area contributed by atoms with Crippen molar-refractivity contribution in [2.24, 2.45) is 5.92 Å². The molecular formula is C15H23NO. The normalized spacial score (nSPS) is 24.6. The molecule has 0 radical (unpaired) electrons. The van der Waals surface area contributed by atoms with Gasteiger partial charge in [0, 0.05) is 18.3 Å². The molecule has 0 aromatic heterocycles.